The third-order valence-electron chi connectivity index (χ3n) is 2.71. The van der Waals surface area contributed by atoms with E-state index in [4.69, 9.17) is 4.74 Å². The highest BCUT2D eigenvalue weighted by Crippen LogP contribution is 2.15. The van der Waals surface area contributed by atoms with E-state index in [1.807, 2.05) is 0 Å². The second-order valence-corrected chi connectivity index (χ2v) is 6.91. The summed E-state index contributed by atoms with van der Waals surface area (Å²) in [6.45, 7) is 8.11. The van der Waals surface area contributed by atoms with Crippen molar-refractivity contribution >= 4 is 20.8 Å². The molecule has 1 saturated heterocycles. The van der Waals surface area contributed by atoms with Crippen molar-refractivity contribution in [3.8, 4) is 0 Å². The van der Waals surface area contributed by atoms with Crippen LogP contribution in [0.3, 0.4) is 0 Å². The number of nitrogens with one attached hydrogen (secondary N) is 1. The van der Waals surface area contributed by atoms with Gasteiger partial charge in [-0.25, -0.2) is 0 Å². The number of rotatable bonds is 6. The third-order valence-corrected chi connectivity index (χ3v) is 4.30. The number of ether oxygens (including phenoxy) is 1. The minimum absolute atomic E-state index is 0.0694. The molecule has 1 aliphatic rings. The zero-order chi connectivity index (χ0) is 15.9. The molecule has 0 aromatic heterocycles. The molecule has 0 radical (unpaired) electrons. The summed E-state index contributed by atoms with van der Waals surface area (Å²) < 4.78 is 65.6. The number of quaternary nitrogens is 1. The second-order valence-electron chi connectivity index (χ2n) is 4.49. The highest BCUT2D eigenvalue weighted by Gasteiger charge is 2.25. The number of hydrogen-bond acceptors (Lipinski definition) is 5. The molecule has 20 heavy (non-hydrogen) atoms. The molecule has 7 nitrogen and oxygen atoms in total. The number of hydrogen-bond donors (Lipinski definition) is 1. The van der Waals surface area contributed by atoms with Gasteiger partial charge in [-0.2, -0.15) is 16.8 Å². The molecule has 0 bridgehead atoms. The van der Waals surface area contributed by atoms with Crippen LogP contribution in [0.25, 0.3) is 0 Å². The molecule has 11 heteroatoms. The SMILES string of the molecule is C=COCC[N+]1(C)CCCC1.O=S(=O)(F)NS(=O)(=O)F. The van der Waals surface area contributed by atoms with Gasteiger partial charge in [-0.15, -0.1) is 0 Å². The molecule has 1 N–H and O–H groups in total. The fraction of sp³-hybridized carbons (Fsp3) is 0.778. The normalized spacial score (nSPS) is 17.9. The molecule has 0 saturated carbocycles. The smallest absolute Gasteiger partial charge is 0.387 e. The van der Waals surface area contributed by atoms with Gasteiger partial charge in [0, 0.05) is 12.8 Å². The zero-order valence-electron chi connectivity index (χ0n) is 11.1. The van der Waals surface area contributed by atoms with Gasteiger partial charge < -0.3 is 9.22 Å². The summed E-state index contributed by atoms with van der Waals surface area (Å²) in [7, 11) is -8.68. The van der Waals surface area contributed by atoms with Crippen LogP contribution < -0.4 is 4.13 Å². The van der Waals surface area contributed by atoms with E-state index in [1.54, 1.807) is 0 Å². The number of likely N-dealkylation sites (tertiary alicyclic amines) is 1. The predicted molar refractivity (Wildman–Crippen MR) is 69.4 cm³/mol. The Bertz CT molecular complexity index is 470. The van der Waals surface area contributed by atoms with Crippen LogP contribution in [0.2, 0.25) is 0 Å². The molecule has 0 aromatic rings. The molecule has 0 aliphatic carbocycles. The van der Waals surface area contributed by atoms with Gasteiger partial charge in [-0.1, -0.05) is 18.5 Å². The lowest BCUT2D eigenvalue weighted by Gasteiger charge is -2.28. The first-order chi connectivity index (χ1) is 8.97. The first kappa shape index (κ1) is 19.2. The maximum Gasteiger partial charge on any atom is 0.387 e. The lowest BCUT2D eigenvalue weighted by Crippen LogP contribution is -2.43. The van der Waals surface area contributed by atoms with E-state index >= 15 is 0 Å². The first-order valence-electron chi connectivity index (χ1n) is 5.71. The monoisotopic (exact) mass is 337 g/mol. The molecule has 1 aliphatic heterocycles. The Morgan fingerprint density at radius 2 is 1.65 bits per heavy atom. The highest BCUT2D eigenvalue weighted by atomic mass is 32.3. The van der Waals surface area contributed by atoms with Gasteiger partial charge in [0.1, 0.15) is 13.2 Å². The van der Waals surface area contributed by atoms with Crippen LogP contribution in [0.1, 0.15) is 12.8 Å². The van der Waals surface area contributed by atoms with Crippen LogP contribution in [-0.2, 0) is 25.6 Å². The molecule has 120 valence electrons. The van der Waals surface area contributed by atoms with E-state index < -0.39 is 20.8 Å². The number of likely N-dealkylation sites (N-methyl/N-ethyl adjacent to an activating group) is 1. The van der Waals surface area contributed by atoms with Crippen molar-refractivity contribution in [2.75, 3.05) is 33.3 Å². The maximum absolute atomic E-state index is 11.1. The molecular formula is C9H19F2N2O5S2+. The molecule has 0 aromatic carbocycles. The molecule has 0 atom stereocenters. The maximum atomic E-state index is 11.1. The summed E-state index contributed by atoms with van der Waals surface area (Å²) in [6.07, 6.45) is 4.29. The Kier molecular flexibility index (Phi) is 7.55. The van der Waals surface area contributed by atoms with Crippen molar-refractivity contribution < 1.29 is 33.8 Å². The molecule has 1 fully saturated rings. The van der Waals surface area contributed by atoms with E-state index in [0.717, 1.165) is 13.2 Å². The van der Waals surface area contributed by atoms with Crippen molar-refractivity contribution in [3.05, 3.63) is 12.8 Å². The predicted octanol–water partition coefficient (Wildman–Crippen LogP) is 0.391. The van der Waals surface area contributed by atoms with E-state index in [2.05, 4.69) is 13.6 Å². The molecular weight excluding hydrogens is 318 g/mol. The van der Waals surface area contributed by atoms with Gasteiger partial charge in [0.05, 0.1) is 26.4 Å². The Hall–Kier alpha value is -0.780. The van der Waals surface area contributed by atoms with Crippen molar-refractivity contribution in [1.82, 2.24) is 4.13 Å². The second kappa shape index (κ2) is 7.86. The third kappa shape index (κ3) is 11.1. The van der Waals surface area contributed by atoms with Crippen molar-refractivity contribution in [2.45, 2.75) is 12.8 Å². The van der Waals surface area contributed by atoms with E-state index in [0.29, 0.717) is 0 Å². The van der Waals surface area contributed by atoms with E-state index in [1.165, 1.54) is 36.7 Å². The molecule has 0 unspecified atom stereocenters. The van der Waals surface area contributed by atoms with Gasteiger partial charge in [-0.05, 0) is 0 Å². The van der Waals surface area contributed by atoms with E-state index in [9.17, 15) is 24.6 Å². The average molecular weight is 337 g/mol. The fourth-order valence-electron chi connectivity index (χ4n) is 1.80. The van der Waals surface area contributed by atoms with Crippen molar-refractivity contribution in [3.63, 3.8) is 0 Å². The van der Waals surface area contributed by atoms with Gasteiger partial charge in [0.2, 0.25) is 0 Å². The average Bonchev–Trinajstić information content (AvgIpc) is 2.61. The summed E-state index contributed by atoms with van der Waals surface area (Å²) in [4.78, 5) is 0. The van der Waals surface area contributed by atoms with Gasteiger partial charge >= 0.3 is 20.8 Å². The van der Waals surface area contributed by atoms with Crippen LogP contribution in [0.15, 0.2) is 12.8 Å². The standard InChI is InChI=1S/C9H18NO.F2HNO4S2/c1-3-11-9-8-10(2)6-4-5-7-10;1-8(4,5)3-9(2,6)7/h3H,1,4-9H2,2H3;3H/q+1;. The van der Waals surface area contributed by atoms with Crippen molar-refractivity contribution in [1.29, 1.82) is 0 Å². The van der Waals surface area contributed by atoms with Crippen LogP contribution in [0.5, 0.6) is 0 Å². The summed E-state index contributed by atoms with van der Waals surface area (Å²) in [5.41, 5.74) is 0. The van der Waals surface area contributed by atoms with Crippen LogP contribution in [0.4, 0.5) is 7.77 Å². The fourth-order valence-corrected chi connectivity index (χ4v) is 2.75. The van der Waals surface area contributed by atoms with Crippen LogP contribution in [0, 0.1) is 0 Å². The first-order valence-corrected chi connectivity index (χ1v) is 8.48. The Morgan fingerprint density at radius 1 is 1.20 bits per heavy atom. The van der Waals surface area contributed by atoms with Gasteiger partial charge in [-0.3, -0.25) is 0 Å². The Morgan fingerprint density at radius 3 is 1.95 bits per heavy atom. The van der Waals surface area contributed by atoms with Crippen LogP contribution >= 0.6 is 0 Å². The number of halogens is 2. The molecule has 1 rings (SSSR count). The van der Waals surface area contributed by atoms with Gasteiger partial charge in [0.25, 0.3) is 0 Å². The lowest BCUT2D eigenvalue weighted by atomic mass is 10.4. The molecule has 0 spiro atoms. The quantitative estimate of drug-likeness (QED) is 0.328. The minimum Gasteiger partial charge on any atom is -0.496 e. The van der Waals surface area contributed by atoms with Gasteiger partial charge in [0.15, 0.2) is 0 Å². The van der Waals surface area contributed by atoms with Crippen LogP contribution in [-0.4, -0.2) is 54.6 Å². The largest absolute Gasteiger partial charge is 0.496 e. The summed E-state index contributed by atoms with van der Waals surface area (Å²) in [6, 6.07) is 0. The summed E-state index contributed by atoms with van der Waals surface area (Å²) in [5, 5.41) is 0. The van der Waals surface area contributed by atoms with E-state index in [-0.39, 0.29) is 4.13 Å². The Balaban J connectivity index is 0.000000370. The number of nitrogens with zero attached hydrogens (tertiary/aromatic N) is 1. The molecule has 0 amide bonds. The molecule has 1 heterocycles. The minimum atomic E-state index is -5.49. The zero-order valence-corrected chi connectivity index (χ0v) is 12.7. The summed E-state index contributed by atoms with van der Waals surface area (Å²) >= 11 is 0. The lowest BCUT2D eigenvalue weighted by molar-refractivity contribution is -0.897. The highest BCUT2D eigenvalue weighted by molar-refractivity contribution is 7.99. The Labute approximate surface area is 118 Å². The van der Waals surface area contributed by atoms with Crippen molar-refractivity contribution in [2.24, 2.45) is 0 Å². The topological polar surface area (TPSA) is 89.5 Å². The summed E-state index contributed by atoms with van der Waals surface area (Å²) in [5.74, 6) is 0.